The minimum atomic E-state index is -3.63. The van der Waals surface area contributed by atoms with E-state index in [1.807, 2.05) is 19.1 Å². The minimum Gasteiger partial charge on any atom is -0.481 e. The van der Waals surface area contributed by atoms with E-state index in [-0.39, 0.29) is 4.90 Å². The van der Waals surface area contributed by atoms with E-state index < -0.39 is 10.0 Å². The first-order valence-corrected chi connectivity index (χ1v) is 8.02. The van der Waals surface area contributed by atoms with Gasteiger partial charge in [-0.25, -0.2) is 8.42 Å². The summed E-state index contributed by atoms with van der Waals surface area (Å²) in [6.45, 7) is 2.02. The number of benzene rings is 1. The molecule has 1 aromatic carbocycles. The second-order valence-corrected chi connectivity index (χ2v) is 6.48. The molecular formula is C15H18N2O3S. The highest BCUT2D eigenvalue weighted by Crippen LogP contribution is 2.22. The van der Waals surface area contributed by atoms with Crippen LogP contribution in [0.1, 0.15) is 12.5 Å². The highest BCUT2D eigenvalue weighted by molar-refractivity contribution is 7.92. The lowest BCUT2D eigenvalue weighted by Crippen LogP contribution is -2.27. The van der Waals surface area contributed by atoms with Gasteiger partial charge in [-0.05, 0) is 30.2 Å². The topological polar surface area (TPSA) is 59.5 Å². The molecule has 0 atom stereocenters. The normalized spacial score (nSPS) is 11.2. The molecule has 21 heavy (non-hydrogen) atoms. The Hall–Kier alpha value is -2.08. The van der Waals surface area contributed by atoms with Gasteiger partial charge in [0.2, 0.25) is 5.88 Å². The number of hydrogen-bond donors (Lipinski definition) is 0. The van der Waals surface area contributed by atoms with Crippen molar-refractivity contribution in [1.82, 2.24) is 4.98 Å². The fourth-order valence-electron chi connectivity index (χ4n) is 1.87. The van der Waals surface area contributed by atoms with Gasteiger partial charge in [-0.1, -0.05) is 25.1 Å². The number of hydrogen-bond acceptors (Lipinski definition) is 4. The zero-order chi connectivity index (χ0) is 15.5. The number of pyridine rings is 1. The molecule has 6 heteroatoms. The van der Waals surface area contributed by atoms with Gasteiger partial charge in [-0.3, -0.25) is 4.31 Å². The lowest BCUT2D eigenvalue weighted by atomic mass is 10.2. The van der Waals surface area contributed by atoms with Crippen LogP contribution in [-0.2, 0) is 16.4 Å². The van der Waals surface area contributed by atoms with E-state index in [0.29, 0.717) is 11.7 Å². The summed E-state index contributed by atoms with van der Waals surface area (Å²) in [5.41, 5.74) is 1.09. The molecule has 0 aliphatic carbocycles. The molecular weight excluding hydrogens is 288 g/mol. The van der Waals surface area contributed by atoms with Crippen LogP contribution >= 0.6 is 0 Å². The smallest absolute Gasteiger partial charge is 0.265 e. The molecule has 5 nitrogen and oxygen atoms in total. The number of nitrogens with zero attached hydrogens (tertiary/aromatic N) is 2. The van der Waals surface area contributed by atoms with Crippen molar-refractivity contribution in [2.75, 3.05) is 18.5 Å². The van der Waals surface area contributed by atoms with Crippen molar-refractivity contribution < 1.29 is 13.2 Å². The summed E-state index contributed by atoms with van der Waals surface area (Å²) < 4.78 is 31.3. The fourth-order valence-corrected chi connectivity index (χ4v) is 3.02. The van der Waals surface area contributed by atoms with E-state index in [2.05, 4.69) is 4.98 Å². The van der Waals surface area contributed by atoms with Gasteiger partial charge in [-0.15, -0.1) is 0 Å². The molecule has 0 radical (unpaired) electrons. The Balaban J connectivity index is 2.37. The van der Waals surface area contributed by atoms with E-state index >= 15 is 0 Å². The van der Waals surface area contributed by atoms with Crippen LogP contribution in [-0.4, -0.2) is 27.6 Å². The van der Waals surface area contributed by atoms with E-state index in [9.17, 15) is 8.42 Å². The molecule has 0 N–H and O–H groups in total. The summed E-state index contributed by atoms with van der Waals surface area (Å²) in [5, 5.41) is 0. The summed E-state index contributed by atoms with van der Waals surface area (Å²) in [6.07, 6.45) is 0.869. The Morgan fingerprint density at radius 1 is 1.14 bits per heavy atom. The van der Waals surface area contributed by atoms with Crippen LogP contribution in [0.25, 0.3) is 0 Å². The summed E-state index contributed by atoms with van der Waals surface area (Å²) in [7, 11) is -0.660. The van der Waals surface area contributed by atoms with Gasteiger partial charge in [0.15, 0.2) is 0 Å². The predicted molar refractivity (Wildman–Crippen MR) is 82.2 cm³/mol. The summed E-state index contributed by atoms with van der Waals surface area (Å²) in [6, 6.07) is 11.9. The zero-order valence-electron chi connectivity index (χ0n) is 12.3. The standard InChI is InChI=1S/C15H18N2O3S/c1-4-12-8-10-13(11-9-12)21(18,19)17(2)14-6-5-7-15(16-14)20-3/h5-11H,4H2,1-3H3. The molecule has 1 heterocycles. The highest BCUT2D eigenvalue weighted by atomic mass is 32.2. The molecule has 0 fully saturated rings. The van der Waals surface area contributed by atoms with Crippen molar-refractivity contribution in [1.29, 1.82) is 0 Å². The first-order chi connectivity index (χ1) is 9.98. The van der Waals surface area contributed by atoms with Gasteiger partial charge in [0, 0.05) is 13.1 Å². The van der Waals surface area contributed by atoms with Crippen LogP contribution in [0.15, 0.2) is 47.4 Å². The lowest BCUT2D eigenvalue weighted by Gasteiger charge is -2.19. The average Bonchev–Trinajstić information content (AvgIpc) is 2.54. The van der Waals surface area contributed by atoms with E-state index in [1.54, 1.807) is 30.3 Å². The zero-order valence-corrected chi connectivity index (χ0v) is 13.1. The third-order valence-electron chi connectivity index (χ3n) is 3.23. The molecule has 2 rings (SSSR count). The average molecular weight is 306 g/mol. The van der Waals surface area contributed by atoms with E-state index in [1.165, 1.54) is 14.2 Å². The SMILES string of the molecule is CCc1ccc(S(=O)(=O)N(C)c2cccc(OC)n2)cc1. The first-order valence-electron chi connectivity index (χ1n) is 6.58. The van der Waals surface area contributed by atoms with Crippen LogP contribution in [0.2, 0.25) is 0 Å². The molecule has 0 bridgehead atoms. The molecule has 0 unspecified atom stereocenters. The van der Waals surface area contributed by atoms with Gasteiger partial charge in [-0.2, -0.15) is 4.98 Å². The van der Waals surface area contributed by atoms with Crippen molar-refractivity contribution in [3.8, 4) is 5.88 Å². The fraction of sp³-hybridized carbons (Fsp3) is 0.267. The summed E-state index contributed by atoms with van der Waals surface area (Å²) in [4.78, 5) is 4.38. The molecule has 2 aromatic rings. The molecule has 0 saturated carbocycles. The highest BCUT2D eigenvalue weighted by Gasteiger charge is 2.22. The number of aromatic nitrogens is 1. The second-order valence-electron chi connectivity index (χ2n) is 4.51. The maximum atomic E-state index is 12.6. The van der Waals surface area contributed by atoms with Gasteiger partial charge in [0.1, 0.15) is 5.82 Å². The number of sulfonamides is 1. The van der Waals surface area contributed by atoms with Gasteiger partial charge >= 0.3 is 0 Å². The third kappa shape index (κ3) is 3.16. The Morgan fingerprint density at radius 3 is 2.38 bits per heavy atom. The largest absolute Gasteiger partial charge is 0.481 e. The quantitative estimate of drug-likeness (QED) is 0.851. The number of methoxy groups -OCH3 is 1. The maximum absolute atomic E-state index is 12.6. The molecule has 0 amide bonds. The maximum Gasteiger partial charge on any atom is 0.265 e. The Bertz CT molecular complexity index is 712. The Morgan fingerprint density at radius 2 is 1.81 bits per heavy atom. The van der Waals surface area contributed by atoms with Gasteiger partial charge in [0.25, 0.3) is 10.0 Å². The van der Waals surface area contributed by atoms with Crippen LogP contribution in [0.4, 0.5) is 5.82 Å². The first kappa shape index (κ1) is 15.3. The molecule has 1 aromatic heterocycles. The summed E-state index contributed by atoms with van der Waals surface area (Å²) >= 11 is 0. The third-order valence-corrected chi connectivity index (χ3v) is 5.01. The molecule has 112 valence electrons. The number of aryl methyl sites for hydroxylation is 1. The Labute approximate surface area is 125 Å². The number of anilines is 1. The second kappa shape index (κ2) is 6.13. The Kier molecular flexibility index (Phi) is 4.47. The molecule has 0 saturated heterocycles. The molecule has 0 spiro atoms. The van der Waals surface area contributed by atoms with Crippen molar-refractivity contribution in [3.05, 3.63) is 48.0 Å². The monoisotopic (exact) mass is 306 g/mol. The summed E-state index contributed by atoms with van der Waals surface area (Å²) in [5.74, 6) is 0.685. The van der Waals surface area contributed by atoms with Crippen molar-refractivity contribution in [3.63, 3.8) is 0 Å². The van der Waals surface area contributed by atoms with E-state index in [4.69, 9.17) is 4.74 Å². The molecule has 0 aliphatic heterocycles. The van der Waals surface area contributed by atoms with Crippen molar-refractivity contribution in [2.24, 2.45) is 0 Å². The van der Waals surface area contributed by atoms with Gasteiger partial charge in [0.05, 0.1) is 12.0 Å². The van der Waals surface area contributed by atoms with E-state index in [0.717, 1.165) is 16.3 Å². The van der Waals surface area contributed by atoms with Gasteiger partial charge < -0.3 is 4.74 Å². The van der Waals surface area contributed by atoms with Crippen LogP contribution in [0.3, 0.4) is 0 Å². The van der Waals surface area contributed by atoms with Crippen molar-refractivity contribution >= 4 is 15.8 Å². The number of ether oxygens (including phenoxy) is 1. The van der Waals surface area contributed by atoms with Crippen LogP contribution in [0.5, 0.6) is 5.88 Å². The minimum absolute atomic E-state index is 0.242. The van der Waals surface area contributed by atoms with Crippen LogP contribution in [0, 0.1) is 0 Å². The van der Waals surface area contributed by atoms with Crippen molar-refractivity contribution in [2.45, 2.75) is 18.2 Å². The number of rotatable bonds is 5. The molecule has 0 aliphatic rings. The lowest BCUT2D eigenvalue weighted by molar-refractivity contribution is 0.398. The van der Waals surface area contributed by atoms with Crippen LogP contribution < -0.4 is 9.04 Å². The predicted octanol–water partition coefficient (Wildman–Crippen LogP) is 2.48.